The van der Waals surface area contributed by atoms with Crippen LogP contribution in [0, 0.1) is 0 Å². The van der Waals surface area contributed by atoms with Crippen molar-refractivity contribution in [2.45, 2.75) is 38.3 Å². The molecule has 0 aliphatic heterocycles. The average Bonchev–Trinajstić information content (AvgIpc) is 2.73. The van der Waals surface area contributed by atoms with Gasteiger partial charge in [0.05, 0.1) is 12.6 Å². The molecule has 0 saturated heterocycles. The van der Waals surface area contributed by atoms with Gasteiger partial charge in [-0.1, -0.05) is 11.3 Å². The number of nitrogens with zero attached hydrogens (tertiary/aromatic N) is 2. The number of methoxy groups -OCH3 is 1. The highest BCUT2D eigenvalue weighted by Crippen LogP contribution is 2.30. The molecule has 2 rings (SSSR count). The molecule has 0 aromatic carbocycles. The number of nitrogens with one attached hydrogen (secondary N) is 1. The standard InChI is InChI=1S/C13H22N4O2S/c1-8(7-19-3)17(2)12(18)10-11(14)16-13(20-10)15-9-5-4-6-9/h8-9H,4-7,14H2,1-3H3,(H,15,16). The summed E-state index contributed by atoms with van der Waals surface area (Å²) in [6.45, 7) is 2.43. The van der Waals surface area contributed by atoms with Gasteiger partial charge in [-0.2, -0.15) is 0 Å². The Morgan fingerprint density at radius 3 is 2.90 bits per heavy atom. The van der Waals surface area contributed by atoms with Crippen molar-refractivity contribution < 1.29 is 9.53 Å². The summed E-state index contributed by atoms with van der Waals surface area (Å²) in [5, 5.41) is 4.06. The predicted molar refractivity (Wildman–Crippen MR) is 81.2 cm³/mol. The Morgan fingerprint density at radius 1 is 1.65 bits per heavy atom. The second-order valence-corrected chi connectivity index (χ2v) is 6.23. The van der Waals surface area contributed by atoms with Crippen molar-refractivity contribution in [2.75, 3.05) is 31.8 Å². The molecular formula is C13H22N4O2S. The van der Waals surface area contributed by atoms with Gasteiger partial charge in [0, 0.05) is 20.2 Å². The molecule has 20 heavy (non-hydrogen) atoms. The first-order chi connectivity index (χ1) is 9.52. The lowest BCUT2D eigenvalue weighted by atomic mass is 9.93. The van der Waals surface area contributed by atoms with Gasteiger partial charge in [-0.25, -0.2) is 4.98 Å². The van der Waals surface area contributed by atoms with Crippen LogP contribution in [-0.4, -0.2) is 48.6 Å². The number of anilines is 2. The number of aromatic nitrogens is 1. The van der Waals surface area contributed by atoms with E-state index in [1.54, 1.807) is 19.1 Å². The van der Waals surface area contributed by atoms with Crippen molar-refractivity contribution in [1.29, 1.82) is 0 Å². The van der Waals surface area contributed by atoms with Crippen LogP contribution < -0.4 is 11.1 Å². The molecule has 1 unspecified atom stereocenters. The van der Waals surface area contributed by atoms with Gasteiger partial charge in [-0.15, -0.1) is 0 Å². The fourth-order valence-electron chi connectivity index (χ4n) is 1.99. The van der Waals surface area contributed by atoms with Crippen molar-refractivity contribution >= 4 is 28.2 Å². The van der Waals surface area contributed by atoms with Gasteiger partial charge in [0.25, 0.3) is 5.91 Å². The number of carbonyl (C=O) groups is 1. The van der Waals surface area contributed by atoms with Crippen molar-refractivity contribution in [3.8, 4) is 0 Å². The molecule has 3 N–H and O–H groups in total. The summed E-state index contributed by atoms with van der Waals surface area (Å²) in [6.07, 6.45) is 3.57. The van der Waals surface area contributed by atoms with Crippen LogP contribution in [0.15, 0.2) is 0 Å². The molecule has 6 nitrogen and oxygen atoms in total. The second kappa shape index (κ2) is 6.41. The minimum absolute atomic E-state index is 0.00274. The first-order valence-electron chi connectivity index (χ1n) is 6.81. The molecule has 1 saturated carbocycles. The van der Waals surface area contributed by atoms with E-state index in [1.165, 1.54) is 17.8 Å². The van der Waals surface area contributed by atoms with Gasteiger partial charge in [-0.3, -0.25) is 4.79 Å². The lowest BCUT2D eigenvalue weighted by Gasteiger charge is -2.25. The van der Waals surface area contributed by atoms with Gasteiger partial charge in [0.15, 0.2) is 5.13 Å². The molecule has 1 fully saturated rings. The lowest BCUT2D eigenvalue weighted by Crippen LogP contribution is -2.37. The molecule has 1 amide bonds. The number of thiazole rings is 1. The van der Waals surface area contributed by atoms with E-state index < -0.39 is 0 Å². The lowest BCUT2D eigenvalue weighted by molar-refractivity contribution is 0.0639. The van der Waals surface area contributed by atoms with E-state index in [-0.39, 0.29) is 11.9 Å². The predicted octanol–water partition coefficient (Wildman–Crippen LogP) is 1.80. The SMILES string of the molecule is COCC(C)N(C)C(=O)c1sc(NC2CCC2)nc1N. The fraction of sp³-hybridized carbons (Fsp3) is 0.692. The monoisotopic (exact) mass is 298 g/mol. The zero-order valence-electron chi connectivity index (χ0n) is 12.2. The number of amides is 1. The Balaban J connectivity index is 2.05. The maximum absolute atomic E-state index is 12.4. The Hall–Kier alpha value is -1.34. The molecule has 1 aliphatic carbocycles. The Bertz CT molecular complexity index is 473. The summed E-state index contributed by atoms with van der Waals surface area (Å²) in [6, 6.07) is 0.477. The zero-order chi connectivity index (χ0) is 14.7. The highest BCUT2D eigenvalue weighted by molar-refractivity contribution is 7.18. The summed E-state index contributed by atoms with van der Waals surface area (Å²) in [4.78, 5) is 18.8. The number of likely N-dealkylation sites (N-methyl/N-ethyl adjacent to an activating group) is 1. The minimum Gasteiger partial charge on any atom is -0.383 e. The van der Waals surface area contributed by atoms with E-state index >= 15 is 0 Å². The number of ether oxygens (including phenoxy) is 1. The Labute approximate surface area is 123 Å². The summed E-state index contributed by atoms with van der Waals surface area (Å²) in [5.41, 5.74) is 5.87. The third kappa shape index (κ3) is 3.21. The topological polar surface area (TPSA) is 80.5 Å². The van der Waals surface area contributed by atoms with Crippen LogP contribution in [0.3, 0.4) is 0 Å². The number of carbonyl (C=O) groups excluding carboxylic acids is 1. The molecule has 7 heteroatoms. The van der Waals surface area contributed by atoms with Gasteiger partial charge >= 0.3 is 0 Å². The molecule has 0 spiro atoms. The molecular weight excluding hydrogens is 276 g/mol. The second-order valence-electron chi connectivity index (χ2n) is 5.23. The zero-order valence-corrected chi connectivity index (χ0v) is 13.0. The van der Waals surface area contributed by atoms with Crippen LogP contribution in [0.1, 0.15) is 35.9 Å². The van der Waals surface area contributed by atoms with E-state index in [9.17, 15) is 4.79 Å². The molecule has 1 aromatic rings. The summed E-state index contributed by atoms with van der Waals surface area (Å²) < 4.78 is 5.07. The third-order valence-electron chi connectivity index (χ3n) is 3.67. The average molecular weight is 298 g/mol. The van der Waals surface area contributed by atoms with Crippen molar-refractivity contribution in [1.82, 2.24) is 9.88 Å². The molecule has 1 aliphatic rings. The van der Waals surface area contributed by atoms with Crippen molar-refractivity contribution in [2.24, 2.45) is 0 Å². The van der Waals surface area contributed by atoms with E-state index in [1.807, 2.05) is 6.92 Å². The van der Waals surface area contributed by atoms with Crippen molar-refractivity contribution in [3.63, 3.8) is 0 Å². The summed E-state index contributed by atoms with van der Waals surface area (Å²) >= 11 is 1.33. The molecule has 1 heterocycles. The van der Waals surface area contributed by atoms with E-state index in [4.69, 9.17) is 10.5 Å². The van der Waals surface area contributed by atoms with Crippen LogP contribution in [0.5, 0.6) is 0 Å². The maximum Gasteiger partial charge on any atom is 0.267 e. The van der Waals surface area contributed by atoms with Crippen LogP contribution in [0.4, 0.5) is 10.9 Å². The normalized spacial score (nSPS) is 16.6. The first-order valence-corrected chi connectivity index (χ1v) is 7.63. The first kappa shape index (κ1) is 15.1. The smallest absolute Gasteiger partial charge is 0.267 e. The van der Waals surface area contributed by atoms with Crippen LogP contribution >= 0.6 is 11.3 Å². The molecule has 1 aromatic heterocycles. The van der Waals surface area contributed by atoms with E-state index in [2.05, 4.69) is 10.3 Å². The largest absolute Gasteiger partial charge is 0.383 e. The van der Waals surface area contributed by atoms with Gasteiger partial charge in [-0.05, 0) is 26.2 Å². The van der Waals surface area contributed by atoms with Gasteiger partial charge < -0.3 is 20.7 Å². The van der Waals surface area contributed by atoms with Gasteiger partial charge in [0.1, 0.15) is 10.7 Å². The van der Waals surface area contributed by atoms with Gasteiger partial charge in [0.2, 0.25) is 0 Å². The third-order valence-corrected chi connectivity index (χ3v) is 4.66. The fourth-order valence-corrected chi connectivity index (χ4v) is 2.93. The quantitative estimate of drug-likeness (QED) is 0.837. The number of nitrogens with two attached hydrogens (primary N) is 1. The highest BCUT2D eigenvalue weighted by atomic mass is 32.1. The summed E-state index contributed by atoms with van der Waals surface area (Å²) in [7, 11) is 3.38. The van der Waals surface area contributed by atoms with Crippen molar-refractivity contribution in [3.05, 3.63) is 4.88 Å². The van der Waals surface area contributed by atoms with E-state index in [0.717, 1.165) is 18.0 Å². The molecule has 112 valence electrons. The van der Waals surface area contributed by atoms with Crippen LogP contribution in [-0.2, 0) is 4.74 Å². The number of hydrogen-bond donors (Lipinski definition) is 2. The van der Waals surface area contributed by atoms with Crippen LogP contribution in [0.2, 0.25) is 0 Å². The van der Waals surface area contributed by atoms with Crippen LogP contribution in [0.25, 0.3) is 0 Å². The molecule has 0 radical (unpaired) electrons. The highest BCUT2D eigenvalue weighted by Gasteiger charge is 2.25. The Morgan fingerprint density at radius 2 is 2.35 bits per heavy atom. The summed E-state index contributed by atoms with van der Waals surface area (Å²) in [5.74, 6) is 0.199. The Kier molecular flexibility index (Phi) is 4.82. The van der Waals surface area contributed by atoms with E-state index in [0.29, 0.717) is 23.3 Å². The number of rotatable bonds is 6. The molecule has 1 atom stereocenters. The number of nitrogen functional groups attached to an aromatic ring is 1. The molecule has 0 bridgehead atoms. The maximum atomic E-state index is 12.4. The number of hydrogen-bond acceptors (Lipinski definition) is 6. The minimum atomic E-state index is -0.105.